The molecule has 0 heterocycles. The fraction of sp³-hybridized carbons (Fsp3) is 0.174. The Morgan fingerprint density at radius 1 is 0.594 bits per heavy atom. The topological polar surface area (TPSA) is 122 Å². The van der Waals surface area contributed by atoms with Crippen LogP contribution in [0.5, 0.6) is 23.0 Å². The first kappa shape index (κ1) is 24.0. The summed E-state index contributed by atoms with van der Waals surface area (Å²) < 4.78 is 20.0. The largest absolute Gasteiger partial charge is 0.423 e. The van der Waals surface area contributed by atoms with Gasteiger partial charge in [0.05, 0.1) is 0 Å². The van der Waals surface area contributed by atoms with Crippen molar-refractivity contribution < 1.29 is 42.9 Å². The number of benzene rings is 2. The summed E-state index contributed by atoms with van der Waals surface area (Å²) in [5, 5.41) is 0. The summed E-state index contributed by atoms with van der Waals surface area (Å²) in [5.74, 6) is -2.89. The predicted octanol–water partition coefficient (Wildman–Crippen LogP) is 3.28. The van der Waals surface area contributed by atoms with Gasteiger partial charge in [0.25, 0.3) is 0 Å². The Bertz CT molecular complexity index is 1110. The fourth-order valence-corrected chi connectivity index (χ4v) is 2.51. The standard InChI is InChI=1S/C23H20O9/c1-13(24)29-20-9-6-17(11-22(20)31-15(3)26)5-8-19(28)18-7-10-21(30-14(2)25)23(12-18)32-16(4)27/h5-12H,1-4H3. The Labute approximate surface area is 183 Å². The number of carbonyl (C=O) groups excluding carboxylic acids is 5. The van der Waals surface area contributed by atoms with Crippen molar-refractivity contribution in [1.82, 2.24) is 0 Å². The highest BCUT2D eigenvalue weighted by Gasteiger charge is 2.14. The minimum absolute atomic E-state index is 0.000290. The summed E-state index contributed by atoms with van der Waals surface area (Å²) in [5.41, 5.74) is 0.660. The summed E-state index contributed by atoms with van der Waals surface area (Å²) in [6.45, 7) is 4.77. The second kappa shape index (κ2) is 10.7. The minimum atomic E-state index is -0.649. The lowest BCUT2D eigenvalue weighted by molar-refractivity contribution is -0.134. The van der Waals surface area contributed by atoms with Crippen LogP contribution < -0.4 is 18.9 Å². The Hall–Kier alpha value is -4.27. The fourth-order valence-electron chi connectivity index (χ4n) is 2.51. The van der Waals surface area contributed by atoms with Crippen LogP contribution >= 0.6 is 0 Å². The first-order chi connectivity index (χ1) is 15.0. The number of hydrogen-bond donors (Lipinski definition) is 0. The minimum Gasteiger partial charge on any atom is -0.423 e. The molecule has 32 heavy (non-hydrogen) atoms. The lowest BCUT2D eigenvalue weighted by atomic mass is 10.1. The van der Waals surface area contributed by atoms with Gasteiger partial charge in [-0.05, 0) is 42.0 Å². The van der Waals surface area contributed by atoms with Gasteiger partial charge in [-0.1, -0.05) is 12.1 Å². The van der Waals surface area contributed by atoms with Crippen LogP contribution in [-0.2, 0) is 19.2 Å². The lowest BCUT2D eigenvalue weighted by Crippen LogP contribution is -2.08. The van der Waals surface area contributed by atoms with E-state index in [4.69, 9.17) is 18.9 Å². The SMILES string of the molecule is CC(=O)Oc1ccc(C=CC(=O)c2ccc(OC(C)=O)c(OC(C)=O)c2)cc1OC(C)=O. The van der Waals surface area contributed by atoms with Gasteiger partial charge in [-0.25, -0.2) is 0 Å². The molecule has 9 nitrogen and oxygen atoms in total. The van der Waals surface area contributed by atoms with Gasteiger partial charge in [0.15, 0.2) is 28.8 Å². The van der Waals surface area contributed by atoms with Crippen molar-refractivity contribution in [3.63, 3.8) is 0 Å². The van der Waals surface area contributed by atoms with Gasteiger partial charge in [0.1, 0.15) is 0 Å². The highest BCUT2D eigenvalue weighted by atomic mass is 16.6. The third-order valence-electron chi connectivity index (χ3n) is 3.64. The highest BCUT2D eigenvalue weighted by Crippen LogP contribution is 2.31. The van der Waals surface area contributed by atoms with Gasteiger partial charge in [0, 0.05) is 33.3 Å². The summed E-state index contributed by atoms with van der Waals surface area (Å²) >= 11 is 0. The molecule has 9 heteroatoms. The monoisotopic (exact) mass is 440 g/mol. The Balaban J connectivity index is 2.30. The zero-order valence-electron chi connectivity index (χ0n) is 17.8. The van der Waals surface area contributed by atoms with E-state index in [-0.39, 0.29) is 28.6 Å². The summed E-state index contributed by atoms with van der Waals surface area (Å²) in [6, 6.07) is 8.44. The Kier molecular flexibility index (Phi) is 8.00. The molecule has 0 aliphatic carbocycles. The van der Waals surface area contributed by atoms with Gasteiger partial charge in [-0.3, -0.25) is 24.0 Å². The molecule has 0 N–H and O–H groups in total. The molecule has 0 atom stereocenters. The molecule has 0 unspecified atom stereocenters. The number of ether oxygens (including phenoxy) is 4. The number of carbonyl (C=O) groups is 5. The Morgan fingerprint density at radius 3 is 1.53 bits per heavy atom. The molecule has 0 aliphatic rings. The van der Waals surface area contributed by atoms with Crippen molar-refractivity contribution in [1.29, 1.82) is 0 Å². The molecule has 0 saturated carbocycles. The van der Waals surface area contributed by atoms with Crippen molar-refractivity contribution >= 4 is 35.7 Å². The van der Waals surface area contributed by atoms with Gasteiger partial charge < -0.3 is 18.9 Å². The Morgan fingerprint density at radius 2 is 1.03 bits per heavy atom. The van der Waals surface area contributed by atoms with Crippen molar-refractivity contribution in [2.75, 3.05) is 0 Å². The van der Waals surface area contributed by atoms with Gasteiger partial charge in [-0.15, -0.1) is 0 Å². The molecule has 2 rings (SSSR count). The van der Waals surface area contributed by atoms with E-state index in [2.05, 4.69) is 0 Å². The quantitative estimate of drug-likeness (QED) is 0.276. The van der Waals surface area contributed by atoms with E-state index in [9.17, 15) is 24.0 Å². The maximum atomic E-state index is 12.6. The zero-order valence-corrected chi connectivity index (χ0v) is 17.8. The molecule has 2 aromatic rings. The van der Waals surface area contributed by atoms with E-state index in [0.29, 0.717) is 5.56 Å². The second-order valence-corrected chi connectivity index (χ2v) is 6.44. The van der Waals surface area contributed by atoms with E-state index in [1.165, 1.54) is 70.2 Å². The maximum absolute atomic E-state index is 12.6. The molecule has 166 valence electrons. The van der Waals surface area contributed by atoms with Crippen molar-refractivity contribution in [2.24, 2.45) is 0 Å². The van der Waals surface area contributed by atoms with Crippen LogP contribution in [0.3, 0.4) is 0 Å². The smallest absolute Gasteiger partial charge is 0.308 e. The molecule has 0 aliphatic heterocycles. The van der Waals surface area contributed by atoms with E-state index >= 15 is 0 Å². The van der Waals surface area contributed by atoms with Gasteiger partial charge in [-0.2, -0.15) is 0 Å². The highest BCUT2D eigenvalue weighted by molar-refractivity contribution is 6.07. The number of ketones is 1. The lowest BCUT2D eigenvalue weighted by Gasteiger charge is -2.10. The molecule has 0 radical (unpaired) electrons. The van der Waals surface area contributed by atoms with Gasteiger partial charge in [0.2, 0.25) is 0 Å². The van der Waals surface area contributed by atoms with E-state index in [0.717, 1.165) is 0 Å². The van der Waals surface area contributed by atoms with Gasteiger partial charge >= 0.3 is 23.9 Å². The first-order valence-corrected chi connectivity index (χ1v) is 9.29. The van der Waals surface area contributed by atoms with Crippen LogP contribution in [0, 0.1) is 0 Å². The summed E-state index contributed by atoms with van der Waals surface area (Å²) in [7, 11) is 0. The van der Waals surface area contributed by atoms with Crippen LogP contribution in [0.15, 0.2) is 42.5 Å². The van der Waals surface area contributed by atoms with Crippen molar-refractivity contribution in [3.8, 4) is 23.0 Å². The normalized spacial score (nSPS) is 10.4. The zero-order chi connectivity index (χ0) is 23.8. The predicted molar refractivity (Wildman–Crippen MR) is 111 cm³/mol. The first-order valence-electron chi connectivity index (χ1n) is 9.29. The van der Waals surface area contributed by atoms with E-state index in [1.54, 1.807) is 6.07 Å². The number of esters is 4. The number of rotatable bonds is 7. The molecule has 0 saturated heterocycles. The second-order valence-electron chi connectivity index (χ2n) is 6.44. The summed E-state index contributed by atoms with van der Waals surface area (Å²) in [6.07, 6.45) is 2.70. The van der Waals surface area contributed by atoms with Crippen LogP contribution in [0.2, 0.25) is 0 Å². The summed E-state index contributed by atoms with van der Waals surface area (Å²) in [4.78, 5) is 57.6. The van der Waals surface area contributed by atoms with Crippen LogP contribution in [0.1, 0.15) is 43.6 Å². The average molecular weight is 440 g/mol. The number of hydrogen-bond acceptors (Lipinski definition) is 9. The maximum Gasteiger partial charge on any atom is 0.308 e. The number of allylic oxidation sites excluding steroid dienone is 1. The van der Waals surface area contributed by atoms with Crippen LogP contribution in [0.4, 0.5) is 0 Å². The molecule has 0 bridgehead atoms. The third kappa shape index (κ3) is 7.21. The van der Waals surface area contributed by atoms with E-state index < -0.39 is 29.7 Å². The van der Waals surface area contributed by atoms with Crippen LogP contribution in [-0.4, -0.2) is 29.7 Å². The van der Waals surface area contributed by atoms with E-state index in [1.807, 2.05) is 0 Å². The van der Waals surface area contributed by atoms with Crippen molar-refractivity contribution in [3.05, 3.63) is 53.6 Å². The molecular weight excluding hydrogens is 420 g/mol. The van der Waals surface area contributed by atoms with Crippen LogP contribution in [0.25, 0.3) is 6.08 Å². The molecule has 2 aromatic carbocycles. The van der Waals surface area contributed by atoms with Crippen molar-refractivity contribution in [2.45, 2.75) is 27.7 Å². The molecular formula is C23H20O9. The third-order valence-corrected chi connectivity index (χ3v) is 3.64. The molecule has 0 amide bonds. The molecule has 0 fully saturated rings. The molecule has 0 aromatic heterocycles. The average Bonchev–Trinajstić information content (AvgIpc) is 2.67. The molecule has 0 spiro atoms.